The molecule has 2 amide bonds. The Morgan fingerprint density at radius 1 is 1.50 bits per heavy atom. The molecule has 1 spiro atoms. The lowest BCUT2D eigenvalue weighted by Crippen LogP contribution is -2.40. The number of pyridine rings is 1. The van der Waals surface area contributed by atoms with E-state index in [9.17, 15) is 9.59 Å². The molecule has 0 radical (unpaired) electrons. The Labute approximate surface area is 143 Å². The lowest BCUT2D eigenvalue weighted by atomic mass is 9.78. The van der Waals surface area contributed by atoms with Gasteiger partial charge in [0.15, 0.2) is 0 Å². The lowest BCUT2D eigenvalue weighted by Gasteiger charge is -2.26. The van der Waals surface area contributed by atoms with Crippen LogP contribution in [0.25, 0.3) is 0 Å². The zero-order chi connectivity index (χ0) is 17.3. The molecule has 3 heterocycles. The number of likely N-dealkylation sites (tertiary alicyclic amines) is 2. The van der Waals surface area contributed by atoms with Crippen LogP contribution < -0.4 is 0 Å². The third-order valence-corrected chi connectivity index (χ3v) is 5.52. The average molecular weight is 327 g/mol. The molecule has 24 heavy (non-hydrogen) atoms. The van der Waals surface area contributed by atoms with Gasteiger partial charge in [0.25, 0.3) is 5.91 Å². The molecule has 0 aromatic carbocycles. The van der Waals surface area contributed by atoms with Gasteiger partial charge in [-0.2, -0.15) is 0 Å². The Morgan fingerprint density at radius 3 is 2.92 bits per heavy atom. The first-order valence-electron chi connectivity index (χ1n) is 8.66. The molecule has 2 saturated heterocycles. The summed E-state index contributed by atoms with van der Waals surface area (Å²) >= 11 is 0. The first-order valence-corrected chi connectivity index (χ1v) is 8.66. The predicted octanol–water partition coefficient (Wildman–Crippen LogP) is 2.14. The van der Waals surface area contributed by atoms with Crippen molar-refractivity contribution in [2.24, 2.45) is 11.3 Å². The Bertz CT molecular complexity index is 655. The Balaban J connectivity index is 1.76. The zero-order valence-electron chi connectivity index (χ0n) is 14.5. The Kier molecular flexibility index (Phi) is 4.43. The first-order chi connectivity index (χ1) is 11.5. The van der Waals surface area contributed by atoms with Crippen LogP contribution >= 0.6 is 0 Å². The number of aryl methyl sites for hydroxylation is 1. The summed E-state index contributed by atoms with van der Waals surface area (Å²) in [5.74, 6) is 0.320. The van der Waals surface area contributed by atoms with Crippen LogP contribution in [-0.2, 0) is 11.2 Å². The smallest absolute Gasteiger partial charge is 0.255 e. The van der Waals surface area contributed by atoms with Crippen LogP contribution in [0.5, 0.6) is 0 Å². The van der Waals surface area contributed by atoms with Crippen molar-refractivity contribution in [1.29, 1.82) is 0 Å². The molecule has 0 saturated carbocycles. The highest BCUT2D eigenvalue weighted by molar-refractivity contribution is 5.95. The van der Waals surface area contributed by atoms with E-state index in [1.165, 1.54) is 0 Å². The molecule has 0 N–H and O–H groups in total. The third kappa shape index (κ3) is 2.62. The molecule has 128 valence electrons. The number of rotatable bonds is 4. The Hall–Kier alpha value is -2.17. The molecule has 0 bridgehead atoms. The Morgan fingerprint density at radius 2 is 2.29 bits per heavy atom. The van der Waals surface area contributed by atoms with Crippen molar-refractivity contribution < 1.29 is 9.59 Å². The van der Waals surface area contributed by atoms with Gasteiger partial charge in [-0.3, -0.25) is 14.6 Å². The van der Waals surface area contributed by atoms with Gasteiger partial charge >= 0.3 is 0 Å². The summed E-state index contributed by atoms with van der Waals surface area (Å²) in [6.45, 7) is 10.3. The molecule has 2 atom stereocenters. The number of aromatic nitrogens is 1. The summed E-state index contributed by atoms with van der Waals surface area (Å²) in [5, 5.41) is 0. The number of hydrogen-bond donors (Lipinski definition) is 0. The van der Waals surface area contributed by atoms with Crippen LogP contribution in [0.15, 0.2) is 31.0 Å². The number of nitrogens with zero attached hydrogens (tertiary/aromatic N) is 3. The van der Waals surface area contributed by atoms with Gasteiger partial charge in [-0.1, -0.05) is 19.9 Å². The van der Waals surface area contributed by atoms with E-state index < -0.39 is 5.41 Å². The average Bonchev–Trinajstić information content (AvgIpc) is 3.10. The van der Waals surface area contributed by atoms with Crippen LogP contribution in [0.1, 0.15) is 36.3 Å². The largest absolute Gasteiger partial charge is 0.338 e. The number of hydrogen-bond acceptors (Lipinski definition) is 3. The van der Waals surface area contributed by atoms with Gasteiger partial charge in [-0.15, -0.1) is 6.58 Å². The standard InChI is InChI=1S/C19H25N3O2/c1-4-9-21-10-8-19(18(21)24)13-22(12-14(19)3)17(23)15-6-7-16(5-2)20-11-15/h4,6-7,11,14H,1,5,8-10,12-13H2,2-3H3/t14-,19-/m1/s1. The van der Waals surface area contributed by atoms with Crippen molar-refractivity contribution in [3.05, 3.63) is 42.2 Å². The van der Waals surface area contributed by atoms with Crippen molar-refractivity contribution >= 4 is 11.8 Å². The highest BCUT2D eigenvalue weighted by Crippen LogP contribution is 2.44. The third-order valence-electron chi connectivity index (χ3n) is 5.52. The monoisotopic (exact) mass is 327 g/mol. The molecule has 0 aliphatic carbocycles. The summed E-state index contributed by atoms with van der Waals surface area (Å²) in [6.07, 6.45) is 5.08. The second kappa shape index (κ2) is 6.38. The molecular formula is C19H25N3O2. The van der Waals surface area contributed by atoms with Crippen molar-refractivity contribution in [3.63, 3.8) is 0 Å². The van der Waals surface area contributed by atoms with E-state index in [4.69, 9.17) is 0 Å². The highest BCUT2D eigenvalue weighted by Gasteiger charge is 2.55. The minimum absolute atomic E-state index is 0.0242. The van der Waals surface area contributed by atoms with E-state index in [1.54, 1.807) is 12.3 Å². The minimum atomic E-state index is -0.421. The summed E-state index contributed by atoms with van der Waals surface area (Å²) in [7, 11) is 0. The SMILES string of the molecule is C=CCN1CC[C@]2(CN(C(=O)c3ccc(CC)nc3)C[C@H]2C)C1=O. The maximum atomic E-state index is 12.8. The molecule has 2 aliphatic heterocycles. The van der Waals surface area contributed by atoms with Crippen molar-refractivity contribution in [2.45, 2.75) is 26.7 Å². The summed E-state index contributed by atoms with van der Waals surface area (Å²) in [6, 6.07) is 3.74. The van der Waals surface area contributed by atoms with Crippen molar-refractivity contribution in [2.75, 3.05) is 26.2 Å². The number of carbonyl (C=O) groups is 2. The highest BCUT2D eigenvalue weighted by atomic mass is 16.2. The molecule has 3 rings (SSSR count). The minimum Gasteiger partial charge on any atom is -0.338 e. The van der Waals surface area contributed by atoms with Gasteiger partial charge < -0.3 is 9.80 Å². The summed E-state index contributed by atoms with van der Waals surface area (Å²) in [4.78, 5) is 33.6. The van der Waals surface area contributed by atoms with E-state index >= 15 is 0 Å². The van der Waals surface area contributed by atoms with E-state index in [-0.39, 0.29) is 17.7 Å². The molecule has 2 fully saturated rings. The van der Waals surface area contributed by atoms with Crippen molar-refractivity contribution in [3.8, 4) is 0 Å². The predicted molar refractivity (Wildman–Crippen MR) is 92.5 cm³/mol. The first kappa shape index (κ1) is 16.7. The second-order valence-corrected chi connectivity index (χ2v) is 6.92. The van der Waals surface area contributed by atoms with Gasteiger partial charge in [0.2, 0.25) is 5.91 Å². The van der Waals surface area contributed by atoms with Gasteiger partial charge in [-0.25, -0.2) is 0 Å². The fourth-order valence-corrected chi connectivity index (χ4v) is 3.96. The van der Waals surface area contributed by atoms with E-state index in [2.05, 4.69) is 18.5 Å². The molecule has 0 unspecified atom stereocenters. The van der Waals surface area contributed by atoms with Crippen LogP contribution in [0.2, 0.25) is 0 Å². The van der Waals surface area contributed by atoms with E-state index in [1.807, 2.05) is 28.9 Å². The van der Waals surface area contributed by atoms with Crippen LogP contribution in [0.3, 0.4) is 0 Å². The molecule has 1 aromatic rings. The van der Waals surface area contributed by atoms with Crippen LogP contribution in [0.4, 0.5) is 0 Å². The van der Waals surface area contributed by atoms with Gasteiger partial charge in [-0.05, 0) is 30.9 Å². The fourth-order valence-electron chi connectivity index (χ4n) is 3.96. The lowest BCUT2D eigenvalue weighted by molar-refractivity contribution is -0.136. The maximum absolute atomic E-state index is 12.8. The van der Waals surface area contributed by atoms with Gasteiger partial charge in [0.05, 0.1) is 11.0 Å². The molecule has 1 aromatic heterocycles. The van der Waals surface area contributed by atoms with Crippen molar-refractivity contribution in [1.82, 2.24) is 14.8 Å². The topological polar surface area (TPSA) is 53.5 Å². The van der Waals surface area contributed by atoms with Crippen LogP contribution in [0, 0.1) is 11.3 Å². The molecule has 5 heteroatoms. The van der Waals surface area contributed by atoms with E-state index in [0.29, 0.717) is 25.2 Å². The maximum Gasteiger partial charge on any atom is 0.255 e. The quantitative estimate of drug-likeness (QED) is 0.796. The summed E-state index contributed by atoms with van der Waals surface area (Å²) < 4.78 is 0. The van der Waals surface area contributed by atoms with Gasteiger partial charge in [0.1, 0.15) is 0 Å². The normalized spacial score (nSPS) is 26.4. The number of amides is 2. The molecule has 2 aliphatic rings. The van der Waals surface area contributed by atoms with E-state index in [0.717, 1.165) is 25.1 Å². The number of carbonyl (C=O) groups excluding carboxylic acids is 2. The fraction of sp³-hybridized carbons (Fsp3) is 0.526. The molecule has 5 nitrogen and oxygen atoms in total. The second-order valence-electron chi connectivity index (χ2n) is 6.92. The van der Waals surface area contributed by atoms with Crippen LogP contribution in [-0.4, -0.2) is 52.8 Å². The summed E-state index contributed by atoms with van der Waals surface area (Å²) in [5.41, 5.74) is 1.16. The van der Waals surface area contributed by atoms with Gasteiger partial charge in [0, 0.05) is 38.1 Å². The molecular weight excluding hydrogens is 302 g/mol. The zero-order valence-corrected chi connectivity index (χ0v) is 14.5.